The molecular formula is C16H22N4O. The highest BCUT2D eigenvalue weighted by atomic mass is 16.2. The second-order valence-corrected chi connectivity index (χ2v) is 6.14. The summed E-state index contributed by atoms with van der Waals surface area (Å²) in [6, 6.07) is 4.22. The van der Waals surface area contributed by atoms with Gasteiger partial charge in [0.15, 0.2) is 0 Å². The summed E-state index contributed by atoms with van der Waals surface area (Å²) in [6.45, 7) is 1.89. The Morgan fingerprint density at radius 3 is 2.19 bits per heavy atom. The van der Waals surface area contributed by atoms with Crippen molar-refractivity contribution in [1.29, 1.82) is 10.5 Å². The molecule has 1 saturated carbocycles. The van der Waals surface area contributed by atoms with Gasteiger partial charge in [0.05, 0.1) is 17.6 Å². The first-order valence-corrected chi connectivity index (χ1v) is 7.72. The second-order valence-electron chi connectivity index (χ2n) is 6.14. The molecule has 0 saturated heterocycles. The number of carbonyl (C=O) groups is 1. The third kappa shape index (κ3) is 2.93. The Bertz CT molecular complexity index is 499. The molecule has 5 heteroatoms. The third-order valence-corrected chi connectivity index (χ3v) is 4.86. The van der Waals surface area contributed by atoms with E-state index in [4.69, 9.17) is 15.5 Å². The molecule has 1 amide bonds. The summed E-state index contributed by atoms with van der Waals surface area (Å²) in [5.74, 6) is -0.0394. The van der Waals surface area contributed by atoms with Crippen LogP contribution in [0.15, 0.2) is 4.99 Å². The predicted octanol–water partition coefficient (Wildman–Crippen LogP) is 2.83. The van der Waals surface area contributed by atoms with Gasteiger partial charge in [-0.15, -0.1) is 0 Å². The maximum absolute atomic E-state index is 12.8. The summed E-state index contributed by atoms with van der Waals surface area (Å²) < 4.78 is 0. The van der Waals surface area contributed by atoms with E-state index < -0.39 is 11.1 Å². The summed E-state index contributed by atoms with van der Waals surface area (Å²) in [5, 5.41) is 20.9. The fourth-order valence-electron chi connectivity index (χ4n) is 3.58. The zero-order chi connectivity index (χ0) is 15.3. The Kier molecular flexibility index (Phi) is 4.63. The molecule has 5 nitrogen and oxygen atoms in total. The quantitative estimate of drug-likeness (QED) is 0.861. The molecule has 0 bridgehead atoms. The van der Waals surface area contributed by atoms with E-state index in [-0.39, 0.29) is 5.91 Å². The zero-order valence-electron chi connectivity index (χ0n) is 12.6. The minimum atomic E-state index is -0.770. The summed E-state index contributed by atoms with van der Waals surface area (Å²) in [7, 11) is 0. The smallest absolute Gasteiger partial charge is 0.233 e. The Labute approximate surface area is 126 Å². The number of aliphatic imine (C=N–C) groups is 1. The molecule has 0 aromatic rings. The van der Waals surface area contributed by atoms with Crippen molar-refractivity contribution in [3.8, 4) is 12.1 Å². The van der Waals surface area contributed by atoms with Crippen LogP contribution in [0.25, 0.3) is 0 Å². The molecule has 1 spiro atoms. The van der Waals surface area contributed by atoms with E-state index in [1.165, 1.54) is 6.42 Å². The maximum atomic E-state index is 12.8. The van der Waals surface area contributed by atoms with E-state index in [0.29, 0.717) is 25.7 Å². The van der Waals surface area contributed by atoms with Gasteiger partial charge < -0.3 is 5.32 Å². The number of hydrogen-bond donors (Lipinski definition) is 1. The van der Waals surface area contributed by atoms with Crippen molar-refractivity contribution in [2.45, 2.75) is 70.4 Å². The Balaban J connectivity index is 2.32. The third-order valence-electron chi connectivity index (χ3n) is 4.86. The predicted molar refractivity (Wildman–Crippen MR) is 79.2 cm³/mol. The highest BCUT2D eigenvalue weighted by molar-refractivity contribution is 6.09. The van der Waals surface area contributed by atoms with Crippen LogP contribution in [0.2, 0.25) is 0 Å². The maximum Gasteiger partial charge on any atom is 0.233 e. The zero-order valence-corrected chi connectivity index (χ0v) is 12.6. The van der Waals surface area contributed by atoms with Crippen LogP contribution in [-0.4, -0.2) is 17.3 Å². The number of hydrogen-bond acceptors (Lipinski definition) is 4. The molecule has 112 valence electrons. The van der Waals surface area contributed by atoms with Crippen molar-refractivity contribution in [3.05, 3.63) is 0 Å². The van der Waals surface area contributed by atoms with E-state index in [2.05, 4.69) is 17.5 Å². The monoisotopic (exact) mass is 286 g/mol. The fraction of sp³-hybridized carbons (Fsp3) is 0.750. The van der Waals surface area contributed by atoms with Crippen molar-refractivity contribution in [1.82, 2.24) is 5.32 Å². The van der Waals surface area contributed by atoms with Gasteiger partial charge in [-0.3, -0.25) is 9.79 Å². The number of amides is 1. The normalized spacial score (nSPS) is 22.8. The van der Waals surface area contributed by atoms with Crippen molar-refractivity contribution < 1.29 is 4.79 Å². The van der Waals surface area contributed by atoms with Crippen LogP contribution in [0, 0.1) is 28.1 Å². The van der Waals surface area contributed by atoms with Crippen molar-refractivity contribution in [3.63, 3.8) is 0 Å². The summed E-state index contributed by atoms with van der Waals surface area (Å²) in [4.78, 5) is 17.6. The van der Waals surface area contributed by atoms with Gasteiger partial charge >= 0.3 is 0 Å². The summed E-state index contributed by atoms with van der Waals surface area (Å²) in [5.41, 5.74) is -0.394. The molecule has 0 aromatic carbocycles. The van der Waals surface area contributed by atoms with E-state index in [9.17, 15) is 4.79 Å². The largest absolute Gasteiger partial charge is 0.331 e. The van der Waals surface area contributed by atoms with Gasteiger partial charge in [-0.25, -0.2) is 0 Å². The molecule has 1 aliphatic carbocycles. The summed E-state index contributed by atoms with van der Waals surface area (Å²) >= 11 is 0. The van der Waals surface area contributed by atoms with Gasteiger partial charge in [0, 0.05) is 18.6 Å². The van der Waals surface area contributed by atoms with E-state index in [0.717, 1.165) is 31.4 Å². The van der Waals surface area contributed by atoms with Gasteiger partial charge in [-0.1, -0.05) is 6.42 Å². The lowest BCUT2D eigenvalue weighted by Crippen LogP contribution is -2.60. The molecule has 0 atom stereocenters. The number of rotatable bonds is 4. The van der Waals surface area contributed by atoms with Crippen LogP contribution >= 0.6 is 0 Å². The number of nitrogens with one attached hydrogen (secondary N) is 1. The number of nitrogens with zero attached hydrogens (tertiary/aromatic N) is 3. The Hall–Kier alpha value is -1.88. The Morgan fingerprint density at radius 2 is 1.71 bits per heavy atom. The van der Waals surface area contributed by atoms with Crippen LogP contribution < -0.4 is 5.32 Å². The first-order chi connectivity index (χ1) is 10.1. The minimum absolute atomic E-state index is 0.0394. The molecule has 0 radical (unpaired) electrons. The van der Waals surface area contributed by atoms with Crippen LogP contribution in [0.5, 0.6) is 0 Å². The fourth-order valence-corrected chi connectivity index (χ4v) is 3.58. The molecule has 2 aliphatic rings. The molecule has 1 N–H and O–H groups in total. The second kappa shape index (κ2) is 6.26. The molecular weight excluding hydrogens is 264 g/mol. The van der Waals surface area contributed by atoms with Gasteiger partial charge in [0.2, 0.25) is 5.91 Å². The SMILES string of the molecule is CC1=NC2(CCCCC2)NC(=O)C1(CCC#N)CCC#N. The highest BCUT2D eigenvalue weighted by Gasteiger charge is 2.49. The summed E-state index contributed by atoms with van der Waals surface area (Å²) in [6.07, 6.45) is 6.65. The minimum Gasteiger partial charge on any atom is -0.331 e. The van der Waals surface area contributed by atoms with Crippen molar-refractivity contribution in [2.75, 3.05) is 0 Å². The van der Waals surface area contributed by atoms with E-state index in [1.807, 2.05) is 6.92 Å². The lowest BCUT2D eigenvalue weighted by atomic mass is 9.71. The average molecular weight is 286 g/mol. The van der Waals surface area contributed by atoms with Crippen molar-refractivity contribution in [2.24, 2.45) is 10.4 Å². The standard InChI is InChI=1S/C16H22N4O/c1-13-15(7-5-11-17,8-6-12-18)14(21)20-16(19-13)9-3-2-4-10-16/h2-10H2,1H3,(H,20,21). The van der Waals surface area contributed by atoms with Gasteiger partial charge in [-0.2, -0.15) is 10.5 Å². The molecule has 1 fully saturated rings. The first kappa shape index (κ1) is 15.5. The van der Waals surface area contributed by atoms with Crippen LogP contribution in [0.4, 0.5) is 0 Å². The topological polar surface area (TPSA) is 89.0 Å². The number of nitriles is 2. The average Bonchev–Trinajstić information content (AvgIpc) is 2.47. The number of carbonyl (C=O) groups excluding carboxylic acids is 1. The van der Waals surface area contributed by atoms with E-state index >= 15 is 0 Å². The lowest BCUT2D eigenvalue weighted by molar-refractivity contribution is -0.131. The van der Waals surface area contributed by atoms with Gasteiger partial charge in [0.25, 0.3) is 0 Å². The molecule has 1 aliphatic heterocycles. The van der Waals surface area contributed by atoms with Gasteiger partial charge in [0.1, 0.15) is 5.66 Å². The first-order valence-electron chi connectivity index (χ1n) is 7.72. The lowest BCUT2D eigenvalue weighted by Gasteiger charge is -2.45. The van der Waals surface area contributed by atoms with Crippen molar-refractivity contribution >= 4 is 11.6 Å². The molecule has 1 heterocycles. The molecule has 0 unspecified atom stereocenters. The molecule has 21 heavy (non-hydrogen) atoms. The van der Waals surface area contributed by atoms with Gasteiger partial charge in [-0.05, 0) is 45.4 Å². The van der Waals surface area contributed by atoms with Crippen LogP contribution in [0.3, 0.4) is 0 Å². The molecule has 0 aromatic heterocycles. The van der Waals surface area contributed by atoms with Crippen LogP contribution in [-0.2, 0) is 4.79 Å². The highest BCUT2D eigenvalue weighted by Crippen LogP contribution is 2.40. The van der Waals surface area contributed by atoms with E-state index in [1.54, 1.807) is 0 Å². The van der Waals surface area contributed by atoms with Crippen LogP contribution in [0.1, 0.15) is 64.7 Å². The molecule has 2 rings (SSSR count). The Morgan fingerprint density at radius 1 is 1.14 bits per heavy atom.